The maximum absolute atomic E-state index is 11.7. The van der Waals surface area contributed by atoms with E-state index in [1.807, 2.05) is 62.7 Å². The molecule has 3 N–H and O–H groups in total. The van der Waals surface area contributed by atoms with Gasteiger partial charge in [-0.3, -0.25) is 0 Å². The fraction of sp³-hybridized carbons (Fsp3) is 0.450. The van der Waals surface area contributed by atoms with Crippen LogP contribution in [0.4, 0.5) is 4.79 Å². The molecule has 0 saturated heterocycles. The first-order chi connectivity index (χ1) is 13.4. The van der Waals surface area contributed by atoms with Crippen LogP contribution in [0.3, 0.4) is 0 Å². The van der Waals surface area contributed by atoms with Crippen LogP contribution < -0.4 is 16.0 Å². The molecule has 1 heterocycles. The van der Waals surface area contributed by atoms with Gasteiger partial charge in [-0.2, -0.15) is 0 Å². The number of benzene rings is 1. The van der Waals surface area contributed by atoms with Crippen LogP contribution in [0.15, 0.2) is 48.0 Å². The molecule has 0 atom stereocenters. The molecule has 0 aliphatic heterocycles. The van der Waals surface area contributed by atoms with E-state index in [4.69, 9.17) is 4.74 Å². The van der Waals surface area contributed by atoms with Crippen LogP contribution in [0.2, 0.25) is 0 Å². The van der Waals surface area contributed by atoms with Crippen molar-refractivity contribution >= 4 is 36.0 Å². The topological polar surface area (TPSA) is 92.6 Å². The van der Waals surface area contributed by atoms with Gasteiger partial charge in [0.05, 0.1) is 18.6 Å². The maximum Gasteiger partial charge on any atom is 0.407 e. The Morgan fingerprint density at radius 1 is 1.17 bits per heavy atom. The lowest BCUT2D eigenvalue weighted by Crippen LogP contribution is -2.42. The number of nitrogens with zero attached hydrogens (tertiary/aromatic N) is 3. The SMILES string of the molecule is CCNC(=NCc1ccccc1-n1ccnc1)NCCNC(=O)OC(C)(C)C.I. The summed E-state index contributed by atoms with van der Waals surface area (Å²) < 4.78 is 7.18. The average molecular weight is 514 g/mol. The molecule has 0 bridgehead atoms. The van der Waals surface area contributed by atoms with Crippen LogP contribution >= 0.6 is 24.0 Å². The van der Waals surface area contributed by atoms with Gasteiger partial charge in [-0.15, -0.1) is 24.0 Å². The Hall–Kier alpha value is -2.30. The number of amides is 1. The predicted molar refractivity (Wildman–Crippen MR) is 126 cm³/mol. The largest absolute Gasteiger partial charge is 0.444 e. The minimum Gasteiger partial charge on any atom is -0.444 e. The second-order valence-corrected chi connectivity index (χ2v) is 7.15. The molecule has 1 aromatic heterocycles. The Morgan fingerprint density at radius 3 is 2.55 bits per heavy atom. The van der Waals surface area contributed by atoms with Gasteiger partial charge < -0.3 is 25.3 Å². The van der Waals surface area contributed by atoms with Crippen molar-refractivity contribution in [3.8, 4) is 5.69 Å². The van der Waals surface area contributed by atoms with Crippen molar-refractivity contribution in [2.75, 3.05) is 19.6 Å². The monoisotopic (exact) mass is 514 g/mol. The van der Waals surface area contributed by atoms with Gasteiger partial charge in [-0.1, -0.05) is 18.2 Å². The Morgan fingerprint density at radius 2 is 1.90 bits per heavy atom. The van der Waals surface area contributed by atoms with Crippen LogP contribution in [0.25, 0.3) is 5.69 Å². The predicted octanol–water partition coefficient (Wildman–Crippen LogP) is 3.07. The number of aromatic nitrogens is 2. The second-order valence-electron chi connectivity index (χ2n) is 7.15. The zero-order chi connectivity index (χ0) is 20.4. The summed E-state index contributed by atoms with van der Waals surface area (Å²) in [6.07, 6.45) is 5.01. The number of carbonyl (C=O) groups is 1. The van der Waals surface area contributed by atoms with Crippen LogP contribution in [0, 0.1) is 0 Å². The highest BCUT2D eigenvalue weighted by atomic mass is 127. The fourth-order valence-corrected chi connectivity index (χ4v) is 2.46. The smallest absolute Gasteiger partial charge is 0.407 e. The summed E-state index contributed by atoms with van der Waals surface area (Å²) >= 11 is 0. The summed E-state index contributed by atoms with van der Waals surface area (Å²) in [5, 5.41) is 9.14. The third-order valence-corrected chi connectivity index (χ3v) is 3.61. The number of imidazole rings is 1. The van der Waals surface area contributed by atoms with Crippen LogP contribution in [0.5, 0.6) is 0 Å². The number of halogens is 1. The van der Waals surface area contributed by atoms with Crippen molar-refractivity contribution in [3.05, 3.63) is 48.5 Å². The molecule has 0 aliphatic carbocycles. The fourth-order valence-electron chi connectivity index (χ4n) is 2.46. The molecule has 160 valence electrons. The van der Waals surface area contributed by atoms with E-state index in [-0.39, 0.29) is 24.0 Å². The van der Waals surface area contributed by atoms with Gasteiger partial charge >= 0.3 is 6.09 Å². The van der Waals surface area contributed by atoms with E-state index in [1.54, 1.807) is 12.5 Å². The normalized spacial score (nSPS) is 11.4. The summed E-state index contributed by atoms with van der Waals surface area (Å²) in [5.41, 5.74) is 1.63. The summed E-state index contributed by atoms with van der Waals surface area (Å²) in [6.45, 7) is 9.75. The van der Waals surface area contributed by atoms with Crippen molar-refractivity contribution in [2.24, 2.45) is 4.99 Å². The van der Waals surface area contributed by atoms with Gasteiger partial charge in [-0.25, -0.2) is 14.8 Å². The van der Waals surface area contributed by atoms with E-state index < -0.39 is 11.7 Å². The number of para-hydroxylation sites is 1. The van der Waals surface area contributed by atoms with Crippen molar-refractivity contribution in [2.45, 2.75) is 39.8 Å². The number of hydrogen-bond acceptors (Lipinski definition) is 4. The lowest BCUT2D eigenvalue weighted by Gasteiger charge is -2.20. The van der Waals surface area contributed by atoms with E-state index in [1.165, 1.54) is 0 Å². The number of carbonyl (C=O) groups excluding carboxylic acids is 1. The summed E-state index contributed by atoms with van der Waals surface area (Å²) in [6, 6.07) is 8.08. The summed E-state index contributed by atoms with van der Waals surface area (Å²) in [5.74, 6) is 0.689. The highest BCUT2D eigenvalue weighted by Crippen LogP contribution is 2.15. The molecular weight excluding hydrogens is 483 g/mol. The molecular formula is C20H31IN6O2. The van der Waals surface area contributed by atoms with Crippen LogP contribution in [0.1, 0.15) is 33.3 Å². The van der Waals surface area contributed by atoms with E-state index in [0.717, 1.165) is 17.8 Å². The molecule has 0 radical (unpaired) electrons. The van der Waals surface area contributed by atoms with E-state index in [0.29, 0.717) is 25.6 Å². The number of nitrogens with one attached hydrogen (secondary N) is 3. The van der Waals surface area contributed by atoms with Gasteiger partial charge in [0.1, 0.15) is 5.60 Å². The molecule has 0 spiro atoms. The standard InChI is InChI=1S/C20H30N6O2.HI/c1-5-22-18(23-10-11-24-19(27)28-20(2,3)4)25-14-16-8-6-7-9-17(16)26-13-12-21-15-26;/h6-9,12-13,15H,5,10-11,14H2,1-4H3,(H,24,27)(H2,22,23,25);1H. The van der Waals surface area contributed by atoms with Crippen LogP contribution in [-0.4, -0.2) is 46.8 Å². The number of alkyl carbamates (subject to hydrolysis) is 1. The van der Waals surface area contributed by atoms with Crippen LogP contribution in [-0.2, 0) is 11.3 Å². The molecule has 9 heteroatoms. The third-order valence-electron chi connectivity index (χ3n) is 3.61. The first-order valence-electron chi connectivity index (χ1n) is 9.44. The molecule has 29 heavy (non-hydrogen) atoms. The molecule has 0 unspecified atom stereocenters. The molecule has 0 fully saturated rings. The molecule has 0 aliphatic rings. The Balaban J connectivity index is 0.00000420. The van der Waals surface area contributed by atoms with Gasteiger partial charge in [0.15, 0.2) is 5.96 Å². The first kappa shape index (κ1) is 24.7. The zero-order valence-corrected chi connectivity index (χ0v) is 19.8. The van der Waals surface area contributed by atoms with Gasteiger partial charge in [-0.05, 0) is 39.3 Å². The number of hydrogen-bond donors (Lipinski definition) is 3. The Labute approximate surface area is 189 Å². The summed E-state index contributed by atoms with van der Waals surface area (Å²) in [7, 11) is 0. The highest BCUT2D eigenvalue weighted by Gasteiger charge is 2.15. The molecule has 8 nitrogen and oxygen atoms in total. The van der Waals surface area contributed by atoms with Crippen molar-refractivity contribution < 1.29 is 9.53 Å². The Kier molecular flexibility index (Phi) is 10.5. The van der Waals surface area contributed by atoms with Crippen molar-refractivity contribution in [1.82, 2.24) is 25.5 Å². The zero-order valence-electron chi connectivity index (χ0n) is 17.4. The lowest BCUT2D eigenvalue weighted by molar-refractivity contribution is 0.0529. The molecule has 2 aromatic rings. The third kappa shape index (κ3) is 9.16. The van der Waals surface area contributed by atoms with Gasteiger partial charge in [0, 0.05) is 32.0 Å². The van der Waals surface area contributed by atoms with Gasteiger partial charge in [0.2, 0.25) is 0 Å². The van der Waals surface area contributed by atoms with Gasteiger partial charge in [0.25, 0.3) is 0 Å². The van der Waals surface area contributed by atoms with E-state index in [9.17, 15) is 4.79 Å². The maximum atomic E-state index is 11.7. The second kappa shape index (κ2) is 12.3. The molecule has 0 saturated carbocycles. The molecule has 1 aromatic carbocycles. The molecule has 2 rings (SSSR count). The number of rotatable bonds is 7. The summed E-state index contributed by atoms with van der Waals surface area (Å²) in [4.78, 5) is 20.4. The number of ether oxygens (including phenoxy) is 1. The highest BCUT2D eigenvalue weighted by molar-refractivity contribution is 14.0. The van der Waals surface area contributed by atoms with E-state index >= 15 is 0 Å². The lowest BCUT2D eigenvalue weighted by atomic mass is 10.2. The quantitative estimate of drug-likeness (QED) is 0.229. The minimum atomic E-state index is -0.503. The Bertz CT molecular complexity index is 772. The number of guanidine groups is 1. The average Bonchev–Trinajstić information content (AvgIpc) is 3.16. The molecule has 1 amide bonds. The first-order valence-corrected chi connectivity index (χ1v) is 9.44. The number of aliphatic imine (C=N–C) groups is 1. The van der Waals surface area contributed by atoms with Crippen molar-refractivity contribution in [3.63, 3.8) is 0 Å². The van der Waals surface area contributed by atoms with E-state index in [2.05, 4.69) is 25.9 Å². The van der Waals surface area contributed by atoms with Crippen molar-refractivity contribution in [1.29, 1.82) is 0 Å². The minimum absolute atomic E-state index is 0.